The van der Waals surface area contributed by atoms with Gasteiger partial charge in [-0.1, -0.05) is 6.07 Å². The molecule has 0 aliphatic carbocycles. The number of amides is 2. The molecule has 0 aromatic heterocycles. The summed E-state index contributed by atoms with van der Waals surface area (Å²) in [5.74, 6) is -0.754. The van der Waals surface area contributed by atoms with E-state index >= 15 is 0 Å². The van der Waals surface area contributed by atoms with Gasteiger partial charge in [0.15, 0.2) is 0 Å². The summed E-state index contributed by atoms with van der Waals surface area (Å²) in [5.41, 5.74) is 0.787. The summed E-state index contributed by atoms with van der Waals surface area (Å²) in [6, 6.07) is 10.8. The Morgan fingerprint density at radius 1 is 1.22 bits per heavy atom. The van der Waals surface area contributed by atoms with Crippen LogP contribution in [0.2, 0.25) is 0 Å². The first-order valence-corrected chi connectivity index (χ1v) is 8.74. The van der Waals surface area contributed by atoms with Gasteiger partial charge < -0.3 is 20.1 Å². The summed E-state index contributed by atoms with van der Waals surface area (Å²) >= 11 is 0. The van der Waals surface area contributed by atoms with Gasteiger partial charge in [-0.25, -0.2) is 4.39 Å². The molecule has 6 nitrogen and oxygen atoms in total. The van der Waals surface area contributed by atoms with Crippen molar-refractivity contribution in [3.63, 3.8) is 0 Å². The van der Waals surface area contributed by atoms with E-state index in [-0.39, 0.29) is 17.7 Å². The number of halogens is 1. The fraction of sp³-hybridized carbons (Fsp3) is 0.300. The Bertz CT molecular complexity index is 834. The highest BCUT2D eigenvalue weighted by atomic mass is 19.1. The molecule has 0 spiro atoms. The Hall–Kier alpha value is -2.93. The summed E-state index contributed by atoms with van der Waals surface area (Å²) in [4.78, 5) is 23.6. The predicted octanol–water partition coefficient (Wildman–Crippen LogP) is 3.59. The van der Waals surface area contributed by atoms with Crippen molar-refractivity contribution in [2.75, 3.05) is 23.8 Å². The van der Waals surface area contributed by atoms with E-state index in [9.17, 15) is 14.0 Å². The van der Waals surface area contributed by atoms with Gasteiger partial charge in [-0.15, -0.1) is 0 Å². The number of hydrogen-bond donors (Lipinski definition) is 2. The molecule has 0 bridgehead atoms. The second-order valence-corrected chi connectivity index (χ2v) is 6.30. The van der Waals surface area contributed by atoms with E-state index < -0.39 is 11.7 Å². The van der Waals surface area contributed by atoms with Crippen LogP contribution in [0, 0.1) is 5.82 Å². The zero-order chi connectivity index (χ0) is 19.2. The average Bonchev–Trinajstić information content (AvgIpc) is 3.16. The Balaban J connectivity index is 1.65. The standard InChI is InChI=1S/C20H21FN2O4/c1-13(24)22-19-11-15(7-8-18(19)21)23-20(25)14-4-2-5-16(10-14)27-12-17-6-3-9-26-17/h2,4-5,7-8,10-11,17H,3,6,9,12H2,1H3,(H,22,24)(H,23,25). The average molecular weight is 372 g/mol. The molecular weight excluding hydrogens is 351 g/mol. The van der Waals surface area contributed by atoms with Crippen LogP contribution in [0.3, 0.4) is 0 Å². The molecule has 2 aromatic rings. The Labute approximate surface area is 156 Å². The molecule has 1 aliphatic rings. The van der Waals surface area contributed by atoms with E-state index in [1.807, 2.05) is 0 Å². The van der Waals surface area contributed by atoms with Gasteiger partial charge in [0.05, 0.1) is 11.8 Å². The van der Waals surface area contributed by atoms with Gasteiger partial charge in [0.1, 0.15) is 18.2 Å². The lowest BCUT2D eigenvalue weighted by atomic mass is 10.2. The zero-order valence-electron chi connectivity index (χ0n) is 15.0. The van der Waals surface area contributed by atoms with Crippen LogP contribution in [0.4, 0.5) is 15.8 Å². The largest absolute Gasteiger partial charge is 0.491 e. The first-order chi connectivity index (χ1) is 13.0. The molecule has 7 heteroatoms. The molecular formula is C20H21FN2O4. The van der Waals surface area contributed by atoms with Crippen LogP contribution in [0.15, 0.2) is 42.5 Å². The van der Waals surface area contributed by atoms with Crippen molar-refractivity contribution in [2.24, 2.45) is 0 Å². The van der Waals surface area contributed by atoms with Crippen molar-refractivity contribution in [2.45, 2.75) is 25.9 Å². The summed E-state index contributed by atoms with van der Waals surface area (Å²) < 4.78 is 24.9. The number of nitrogens with one attached hydrogen (secondary N) is 2. The van der Waals surface area contributed by atoms with Crippen LogP contribution < -0.4 is 15.4 Å². The van der Waals surface area contributed by atoms with Crippen molar-refractivity contribution in [1.82, 2.24) is 0 Å². The lowest BCUT2D eigenvalue weighted by Gasteiger charge is -2.12. The SMILES string of the molecule is CC(=O)Nc1cc(NC(=O)c2cccc(OCC3CCCO3)c2)ccc1F. The van der Waals surface area contributed by atoms with Crippen molar-refractivity contribution in [3.8, 4) is 5.75 Å². The van der Waals surface area contributed by atoms with Crippen molar-refractivity contribution >= 4 is 23.2 Å². The number of rotatable bonds is 6. The normalized spacial score (nSPS) is 16.0. The maximum atomic E-state index is 13.7. The molecule has 142 valence electrons. The molecule has 1 atom stereocenters. The van der Waals surface area contributed by atoms with Crippen LogP contribution >= 0.6 is 0 Å². The van der Waals surface area contributed by atoms with Gasteiger partial charge >= 0.3 is 0 Å². The van der Waals surface area contributed by atoms with Crippen LogP contribution in [0.5, 0.6) is 5.75 Å². The molecule has 1 saturated heterocycles. The highest BCUT2D eigenvalue weighted by Crippen LogP contribution is 2.21. The minimum Gasteiger partial charge on any atom is -0.491 e. The highest BCUT2D eigenvalue weighted by Gasteiger charge is 2.16. The molecule has 1 heterocycles. The number of anilines is 2. The topological polar surface area (TPSA) is 76.7 Å². The predicted molar refractivity (Wildman–Crippen MR) is 99.6 cm³/mol. The number of benzene rings is 2. The molecule has 2 N–H and O–H groups in total. The van der Waals surface area contributed by atoms with Crippen molar-refractivity contribution in [1.29, 1.82) is 0 Å². The van der Waals surface area contributed by atoms with Crippen LogP contribution in [-0.4, -0.2) is 31.1 Å². The molecule has 1 unspecified atom stereocenters. The van der Waals surface area contributed by atoms with E-state index in [2.05, 4.69) is 10.6 Å². The van der Waals surface area contributed by atoms with Gasteiger partial charge in [-0.05, 0) is 49.2 Å². The third-order valence-electron chi connectivity index (χ3n) is 4.09. The molecule has 0 saturated carbocycles. The Kier molecular flexibility index (Phi) is 6.03. The van der Waals surface area contributed by atoms with Crippen LogP contribution in [-0.2, 0) is 9.53 Å². The molecule has 1 fully saturated rings. The van der Waals surface area contributed by atoms with Crippen molar-refractivity contribution in [3.05, 3.63) is 53.8 Å². The fourth-order valence-electron chi connectivity index (χ4n) is 2.78. The van der Waals surface area contributed by atoms with E-state index in [1.165, 1.54) is 25.1 Å². The van der Waals surface area contributed by atoms with E-state index in [0.717, 1.165) is 19.4 Å². The molecule has 1 aliphatic heterocycles. The summed E-state index contributed by atoms with van der Waals surface area (Å²) in [7, 11) is 0. The molecule has 0 radical (unpaired) electrons. The third-order valence-corrected chi connectivity index (χ3v) is 4.09. The second kappa shape index (κ2) is 8.64. The van der Waals surface area contributed by atoms with Gasteiger partial charge in [0.25, 0.3) is 5.91 Å². The van der Waals surface area contributed by atoms with Crippen molar-refractivity contribution < 1.29 is 23.5 Å². The van der Waals surface area contributed by atoms with Gasteiger partial charge in [0.2, 0.25) is 5.91 Å². The molecule has 2 amide bonds. The quantitative estimate of drug-likeness (QED) is 0.812. The van der Waals surface area contributed by atoms with E-state index in [0.29, 0.717) is 23.6 Å². The van der Waals surface area contributed by atoms with Gasteiger partial charge in [-0.3, -0.25) is 9.59 Å². The first-order valence-electron chi connectivity index (χ1n) is 8.74. The molecule has 3 rings (SSSR count). The molecule has 2 aromatic carbocycles. The maximum Gasteiger partial charge on any atom is 0.255 e. The summed E-state index contributed by atoms with van der Waals surface area (Å²) in [6.45, 7) is 2.49. The summed E-state index contributed by atoms with van der Waals surface area (Å²) in [6.07, 6.45) is 2.10. The van der Waals surface area contributed by atoms with E-state index in [1.54, 1.807) is 24.3 Å². The second-order valence-electron chi connectivity index (χ2n) is 6.30. The molecule has 27 heavy (non-hydrogen) atoms. The smallest absolute Gasteiger partial charge is 0.255 e. The number of ether oxygens (including phenoxy) is 2. The minimum absolute atomic E-state index is 0.00828. The lowest BCUT2D eigenvalue weighted by Crippen LogP contribution is -2.17. The van der Waals surface area contributed by atoms with E-state index in [4.69, 9.17) is 9.47 Å². The van der Waals surface area contributed by atoms with Gasteiger partial charge in [-0.2, -0.15) is 0 Å². The monoisotopic (exact) mass is 372 g/mol. The maximum absolute atomic E-state index is 13.7. The lowest BCUT2D eigenvalue weighted by molar-refractivity contribution is -0.114. The summed E-state index contributed by atoms with van der Waals surface area (Å²) in [5, 5.41) is 5.07. The van der Waals surface area contributed by atoms with Crippen LogP contribution in [0.1, 0.15) is 30.1 Å². The fourth-order valence-corrected chi connectivity index (χ4v) is 2.78. The number of carbonyl (C=O) groups excluding carboxylic acids is 2. The Morgan fingerprint density at radius 3 is 2.81 bits per heavy atom. The first kappa shape index (κ1) is 18.8. The minimum atomic E-state index is -0.576. The number of hydrogen-bond acceptors (Lipinski definition) is 4. The van der Waals surface area contributed by atoms with Gasteiger partial charge in [0, 0.05) is 24.8 Å². The zero-order valence-corrected chi connectivity index (χ0v) is 15.0. The third kappa shape index (κ3) is 5.27. The highest BCUT2D eigenvalue weighted by molar-refractivity contribution is 6.04. The Morgan fingerprint density at radius 2 is 2.07 bits per heavy atom. The van der Waals surface area contributed by atoms with Crippen LogP contribution in [0.25, 0.3) is 0 Å². The number of carbonyl (C=O) groups is 2.